The number of sulfone groups is 1. The van der Waals surface area contributed by atoms with Gasteiger partial charge in [0.05, 0.1) is 10.8 Å². The second kappa shape index (κ2) is 8.31. The molecule has 0 aliphatic carbocycles. The molecule has 3 aromatic carbocycles. The highest BCUT2D eigenvalue weighted by Gasteiger charge is 2.23. The fraction of sp³-hybridized carbons (Fsp3) is 0.130. The molecule has 0 saturated carbocycles. The molecule has 0 saturated heterocycles. The number of anilines is 1. The third-order valence-corrected chi connectivity index (χ3v) is 6.03. The lowest BCUT2D eigenvalue weighted by Crippen LogP contribution is -2.23. The van der Waals surface area contributed by atoms with E-state index in [1.54, 1.807) is 42.5 Å². The van der Waals surface area contributed by atoms with Crippen molar-refractivity contribution in [2.45, 2.75) is 17.2 Å². The van der Waals surface area contributed by atoms with Crippen LogP contribution in [0.15, 0.2) is 82.1 Å². The number of rotatable bonds is 6. The van der Waals surface area contributed by atoms with Crippen molar-refractivity contribution in [2.24, 2.45) is 0 Å². The Morgan fingerprint density at radius 3 is 2.35 bits per heavy atom. The van der Waals surface area contributed by atoms with Gasteiger partial charge in [-0.25, -0.2) is 12.8 Å². The molecule has 8 heteroatoms. The van der Waals surface area contributed by atoms with Crippen LogP contribution >= 0.6 is 0 Å². The summed E-state index contributed by atoms with van der Waals surface area (Å²) in [6.45, 7) is 0. The van der Waals surface area contributed by atoms with Crippen LogP contribution in [-0.4, -0.2) is 25.6 Å². The monoisotopic (exact) mass is 438 g/mol. The van der Waals surface area contributed by atoms with Crippen LogP contribution < -0.4 is 5.32 Å². The Balaban J connectivity index is 1.62. The third kappa shape index (κ3) is 4.80. The van der Waals surface area contributed by atoms with E-state index in [4.69, 9.17) is 4.42 Å². The van der Waals surface area contributed by atoms with Crippen molar-refractivity contribution in [3.63, 3.8) is 0 Å². The summed E-state index contributed by atoms with van der Waals surface area (Å²) in [7, 11) is -3.32. The zero-order valence-corrected chi connectivity index (χ0v) is 17.4. The number of carbonyl (C=O) groups is 1. The molecule has 0 radical (unpaired) electrons. The summed E-state index contributed by atoms with van der Waals surface area (Å²) in [4.78, 5) is 17.6. The van der Waals surface area contributed by atoms with Gasteiger partial charge in [-0.2, -0.15) is 4.98 Å². The SMILES string of the molecule is CS(=O)(=O)c1ccc(CC(C(=O)Nc2nc3ccccc3o2)c2ccc(F)cc2)cc1. The Morgan fingerprint density at radius 2 is 1.71 bits per heavy atom. The lowest BCUT2D eigenvalue weighted by Gasteiger charge is -2.16. The zero-order chi connectivity index (χ0) is 22.0. The maximum Gasteiger partial charge on any atom is 0.302 e. The topological polar surface area (TPSA) is 89.3 Å². The smallest absolute Gasteiger partial charge is 0.302 e. The number of nitrogens with one attached hydrogen (secondary N) is 1. The highest BCUT2D eigenvalue weighted by atomic mass is 32.2. The van der Waals surface area contributed by atoms with E-state index in [2.05, 4.69) is 10.3 Å². The normalized spacial score (nSPS) is 12.6. The molecule has 4 aromatic rings. The fourth-order valence-corrected chi connectivity index (χ4v) is 3.91. The van der Waals surface area contributed by atoms with Crippen LogP contribution in [0.5, 0.6) is 0 Å². The van der Waals surface area contributed by atoms with Gasteiger partial charge in [0.25, 0.3) is 0 Å². The lowest BCUT2D eigenvalue weighted by molar-refractivity contribution is -0.117. The zero-order valence-electron chi connectivity index (χ0n) is 16.6. The molecule has 0 spiro atoms. The van der Waals surface area contributed by atoms with Gasteiger partial charge < -0.3 is 4.42 Å². The Morgan fingerprint density at radius 1 is 1.03 bits per heavy atom. The van der Waals surface area contributed by atoms with Crippen molar-refractivity contribution in [1.82, 2.24) is 4.98 Å². The Bertz CT molecular complexity index is 1300. The maximum atomic E-state index is 13.4. The van der Waals surface area contributed by atoms with Gasteiger partial charge in [-0.1, -0.05) is 36.4 Å². The van der Waals surface area contributed by atoms with Gasteiger partial charge in [-0.3, -0.25) is 10.1 Å². The first-order valence-corrected chi connectivity index (χ1v) is 11.4. The van der Waals surface area contributed by atoms with Gasteiger partial charge in [0.1, 0.15) is 11.3 Å². The van der Waals surface area contributed by atoms with Crippen LogP contribution in [0.3, 0.4) is 0 Å². The van der Waals surface area contributed by atoms with Gasteiger partial charge >= 0.3 is 6.01 Å². The summed E-state index contributed by atoms with van der Waals surface area (Å²) in [5.74, 6) is -1.44. The van der Waals surface area contributed by atoms with Crippen LogP contribution in [0.1, 0.15) is 17.0 Å². The van der Waals surface area contributed by atoms with Crippen molar-refractivity contribution < 1.29 is 22.0 Å². The predicted octanol–water partition coefficient (Wildman–Crippen LogP) is 4.34. The number of amides is 1. The first kappa shape index (κ1) is 20.7. The molecule has 1 unspecified atom stereocenters. The molecular weight excluding hydrogens is 419 g/mol. The number of halogens is 1. The number of fused-ring (bicyclic) bond motifs is 1. The van der Waals surface area contributed by atoms with Crippen molar-refractivity contribution in [3.05, 3.63) is 89.7 Å². The summed E-state index contributed by atoms with van der Waals surface area (Å²) in [6, 6.07) is 19.3. The van der Waals surface area contributed by atoms with Gasteiger partial charge in [0, 0.05) is 6.26 Å². The first-order chi connectivity index (χ1) is 14.8. The van der Waals surface area contributed by atoms with E-state index in [0.29, 0.717) is 16.7 Å². The number of hydrogen-bond donors (Lipinski definition) is 1. The summed E-state index contributed by atoms with van der Waals surface area (Å²) in [6.07, 6.45) is 1.42. The summed E-state index contributed by atoms with van der Waals surface area (Å²) < 4.78 is 42.4. The molecule has 1 atom stereocenters. The van der Waals surface area contributed by atoms with Crippen LogP contribution in [-0.2, 0) is 21.1 Å². The van der Waals surface area contributed by atoms with Gasteiger partial charge in [-0.15, -0.1) is 0 Å². The lowest BCUT2D eigenvalue weighted by atomic mass is 9.91. The number of nitrogens with zero attached hydrogens (tertiary/aromatic N) is 1. The number of para-hydroxylation sites is 2. The molecule has 1 amide bonds. The Hall–Kier alpha value is -3.52. The number of carbonyl (C=O) groups excluding carboxylic acids is 1. The number of hydrogen-bond acceptors (Lipinski definition) is 5. The van der Waals surface area contributed by atoms with Crippen LogP contribution in [0.25, 0.3) is 11.1 Å². The number of benzene rings is 3. The predicted molar refractivity (Wildman–Crippen MR) is 115 cm³/mol. The van der Waals surface area contributed by atoms with Crippen molar-refractivity contribution in [3.8, 4) is 0 Å². The van der Waals surface area contributed by atoms with E-state index in [1.807, 2.05) is 6.07 Å². The minimum absolute atomic E-state index is 0.0748. The molecule has 1 heterocycles. The highest BCUT2D eigenvalue weighted by molar-refractivity contribution is 7.90. The summed E-state index contributed by atoms with van der Waals surface area (Å²) in [5, 5.41) is 2.69. The minimum Gasteiger partial charge on any atom is -0.423 e. The second-order valence-electron chi connectivity index (χ2n) is 7.20. The van der Waals surface area contributed by atoms with Crippen molar-refractivity contribution in [1.29, 1.82) is 0 Å². The molecule has 6 nitrogen and oxygen atoms in total. The van der Waals surface area contributed by atoms with E-state index in [9.17, 15) is 17.6 Å². The quantitative estimate of drug-likeness (QED) is 0.484. The first-order valence-electron chi connectivity index (χ1n) is 9.50. The van der Waals surface area contributed by atoms with Gasteiger partial charge in [0.2, 0.25) is 5.91 Å². The molecule has 1 aromatic heterocycles. The van der Waals surface area contributed by atoms with E-state index in [0.717, 1.165) is 11.8 Å². The Labute approximate surface area is 178 Å². The number of oxazole rings is 1. The Kier molecular flexibility index (Phi) is 5.56. The maximum absolute atomic E-state index is 13.4. The van der Waals surface area contributed by atoms with Crippen molar-refractivity contribution >= 4 is 32.9 Å². The molecule has 1 N–H and O–H groups in total. The average Bonchev–Trinajstić information content (AvgIpc) is 3.14. The molecular formula is C23H19FN2O4S. The molecule has 31 heavy (non-hydrogen) atoms. The van der Waals surface area contributed by atoms with Crippen LogP contribution in [0.4, 0.5) is 10.4 Å². The van der Waals surface area contributed by atoms with Crippen LogP contribution in [0.2, 0.25) is 0 Å². The van der Waals surface area contributed by atoms with Gasteiger partial charge in [-0.05, 0) is 53.9 Å². The molecule has 158 valence electrons. The molecule has 0 bridgehead atoms. The molecule has 0 aliphatic heterocycles. The largest absolute Gasteiger partial charge is 0.423 e. The average molecular weight is 438 g/mol. The van der Waals surface area contributed by atoms with E-state index >= 15 is 0 Å². The summed E-state index contributed by atoms with van der Waals surface area (Å²) >= 11 is 0. The standard InChI is InChI=1S/C23H19FN2O4S/c1-31(28,29)18-12-6-15(7-13-18)14-19(16-8-10-17(24)11-9-16)22(27)26-23-25-20-4-2-3-5-21(20)30-23/h2-13,19H,14H2,1H3,(H,25,26,27). The van der Waals surface area contributed by atoms with E-state index < -0.39 is 21.6 Å². The third-order valence-electron chi connectivity index (χ3n) is 4.90. The van der Waals surface area contributed by atoms with Crippen LogP contribution in [0, 0.1) is 5.82 Å². The second-order valence-corrected chi connectivity index (χ2v) is 9.22. The minimum atomic E-state index is -3.32. The van der Waals surface area contributed by atoms with E-state index in [1.165, 1.54) is 24.3 Å². The van der Waals surface area contributed by atoms with E-state index in [-0.39, 0.29) is 23.2 Å². The summed E-state index contributed by atoms with van der Waals surface area (Å²) in [5.41, 5.74) is 2.54. The highest BCUT2D eigenvalue weighted by Crippen LogP contribution is 2.25. The fourth-order valence-electron chi connectivity index (χ4n) is 3.28. The van der Waals surface area contributed by atoms with Crippen molar-refractivity contribution in [2.75, 3.05) is 11.6 Å². The molecule has 4 rings (SSSR count). The van der Waals surface area contributed by atoms with Gasteiger partial charge in [0.15, 0.2) is 15.4 Å². The molecule has 0 fully saturated rings. The molecule has 0 aliphatic rings. The number of aromatic nitrogens is 1.